The van der Waals surface area contributed by atoms with Crippen molar-refractivity contribution in [2.45, 2.75) is 6.92 Å². The van der Waals surface area contributed by atoms with Crippen molar-refractivity contribution in [3.05, 3.63) is 29.8 Å². The molecule has 0 fully saturated rings. The van der Waals surface area contributed by atoms with Gasteiger partial charge in [0, 0.05) is 0 Å². The lowest BCUT2D eigenvalue weighted by molar-refractivity contribution is 0.582. The molecule has 2 nitrogen and oxygen atoms in total. The molecule has 0 unspecified atom stereocenters. The minimum absolute atomic E-state index is 0.277. The zero-order chi connectivity index (χ0) is 7.56. The van der Waals surface area contributed by atoms with Crippen molar-refractivity contribution >= 4 is 5.71 Å². The van der Waals surface area contributed by atoms with Crippen LogP contribution in [0.15, 0.2) is 18.2 Å². The van der Waals surface area contributed by atoms with Crippen LogP contribution in [0.3, 0.4) is 0 Å². The van der Waals surface area contributed by atoms with Crippen molar-refractivity contribution < 1.29 is 4.39 Å². The summed E-state index contributed by atoms with van der Waals surface area (Å²) < 4.78 is 12.3. The number of hydrogen-bond donors (Lipinski definition) is 1. The molecule has 0 amide bonds. The Bertz CT molecular complexity index is 258. The molecule has 0 saturated heterocycles. The number of pyridine rings is 1. The fourth-order valence-corrected chi connectivity index (χ4v) is 0.617. The minimum Gasteiger partial charge on any atom is -0.303 e. The van der Waals surface area contributed by atoms with E-state index in [-0.39, 0.29) is 5.71 Å². The summed E-state index contributed by atoms with van der Waals surface area (Å²) in [6, 6.07) is 4.40. The van der Waals surface area contributed by atoms with Crippen LogP contribution >= 0.6 is 0 Å². The standard InChI is InChI=1S/C7H7FN2/c1-5(9)6-3-2-4-7(8)10-6/h2-4,9H,1H3. The molecule has 1 rings (SSSR count). The second-order valence-electron chi connectivity index (χ2n) is 1.97. The van der Waals surface area contributed by atoms with Gasteiger partial charge in [0.15, 0.2) is 0 Å². The Morgan fingerprint density at radius 1 is 1.60 bits per heavy atom. The van der Waals surface area contributed by atoms with Gasteiger partial charge in [-0.3, -0.25) is 0 Å². The minimum atomic E-state index is -0.538. The number of hydrogen-bond acceptors (Lipinski definition) is 2. The predicted molar refractivity (Wildman–Crippen MR) is 36.7 cm³/mol. The van der Waals surface area contributed by atoms with Gasteiger partial charge < -0.3 is 5.41 Å². The molecule has 0 aliphatic heterocycles. The molecule has 0 aliphatic carbocycles. The Labute approximate surface area is 58.2 Å². The third-order valence-corrected chi connectivity index (χ3v) is 1.10. The fraction of sp³-hybridized carbons (Fsp3) is 0.143. The van der Waals surface area contributed by atoms with Crippen LogP contribution in [0, 0.1) is 11.4 Å². The lowest BCUT2D eigenvalue weighted by Gasteiger charge is -1.94. The van der Waals surface area contributed by atoms with Gasteiger partial charge in [0.1, 0.15) is 0 Å². The summed E-state index contributed by atoms with van der Waals surface area (Å²) in [6.07, 6.45) is 0. The van der Waals surface area contributed by atoms with Crippen molar-refractivity contribution in [2.24, 2.45) is 0 Å². The van der Waals surface area contributed by atoms with E-state index in [1.807, 2.05) is 0 Å². The highest BCUT2D eigenvalue weighted by Crippen LogP contribution is 1.97. The van der Waals surface area contributed by atoms with Crippen molar-refractivity contribution in [1.82, 2.24) is 4.98 Å². The summed E-state index contributed by atoms with van der Waals surface area (Å²) in [5, 5.41) is 7.10. The molecule has 1 N–H and O–H groups in total. The van der Waals surface area contributed by atoms with Gasteiger partial charge in [-0.05, 0) is 19.1 Å². The van der Waals surface area contributed by atoms with Gasteiger partial charge in [-0.25, -0.2) is 4.98 Å². The summed E-state index contributed by atoms with van der Waals surface area (Å²) in [4.78, 5) is 3.48. The normalized spacial score (nSPS) is 9.40. The molecule has 0 aliphatic rings. The second kappa shape index (κ2) is 2.56. The Balaban J connectivity index is 3.07. The summed E-state index contributed by atoms with van der Waals surface area (Å²) in [5.41, 5.74) is 0.666. The molecule has 0 atom stereocenters. The Morgan fingerprint density at radius 3 is 2.70 bits per heavy atom. The first-order valence-electron chi connectivity index (χ1n) is 2.88. The molecule has 1 aromatic heterocycles. The molecule has 0 spiro atoms. The van der Waals surface area contributed by atoms with Crippen LogP contribution in [0.1, 0.15) is 12.6 Å². The van der Waals surface area contributed by atoms with Crippen LogP contribution in [0.5, 0.6) is 0 Å². The molecular weight excluding hydrogens is 131 g/mol. The Kier molecular flexibility index (Phi) is 1.76. The lowest BCUT2D eigenvalue weighted by Crippen LogP contribution is -1.97. The van der Waals surface area contributed by atoms with Crippen LogP contribution in [0.2, 0.25) is 0 Å². The molecule has 0 radical (unpaired) electrons. The molecule has 3 heteroatoms. The average Bonchev–Trinajstić information content (AvgIpc) is 1.88. The summed E-state index contributed by atoms with van der Waals surface area (Å²) in [5.74, 6) is -0.538. The number of halogens is 1. The van der Waals surface area contributed by atoms with Crippen LogP contribution < -0.4 is 0 Å². The van der Waals surface area contributed by atoms with Crippen molar-refractivity contribution in [2.75, 3.05) is 0 Å². The molecular formula is C7H7FN2. The zero-order valence-corrected chi connectivity index (χ0v) is 5.56. The largest absolute Gasteiger partial charge is 0.303 e. The summed E-state index contributed by atoms with van der Waals surface area (Å²) >= 11 is 0. The highest BCUT2D eigenvalue weighted by Gasteiger charge is 1.96. The smallest absolute Gasteiger partial charge is 0.213 e. The third kappa shape index (κ3) is 1.37. The van der Waals surface area contributed by atoms with E-state index >= 15 is 0 Å². The maximum absolute atomic E-state index is 12.3. The van der Waals surface area contributed by atoms with Crippen molar-refractivity contribution in [3.8, 4) is 0 Å². The number of aromatic nitrogens is 1. The Morgan fingerprint density at radius 2 is 2.30 bits per heavy atom. The van der Waals surface area contributed by atoms with E-state index in [4.69, 9.17) is 5.41 Å². The molecule has 1 heterocycles. The van der Waals surface area contributed by atoms with Crippen LogP contribution in [-0.4, -0.2) is 10.7 Å². The van der Waals surface area contributed by atoms with Gasteiger partial charge in [-0.15, -0.1) is 0 Å². The molecule has 0 saturated carbocycles. The predicted octanol–water partition coefficient (Wildman–Crippen LogP) is 1.61. The quantitative estimate of drug-likeness (QED) is 0.464. The first-order valence-corrected chi connectivity index (χ1v) is 2.88. The van der Waals surface area contributed by atoms with E-state index in [9.17, 15) is 4.39 Å². The molecule has 52 valence electrons. The first kappa shape index (κ1) is 6.86. The summed E-state index contributed by atoms with van der Waals surface area (Å²) in [7, 11) is 0. The van der Waals surface area contributed by atoms with Gasteiger partial charge in [-0.2, -0.15) is 4.39 Å². The van der Waals surface area contributed by atoms with Gasteiger partial charge >= 0.3 is 0 Å². The number of rotatable bonds is 1. The van der Waals surface area contributed by atoms with Crippen molar-refractivity contribution in [3.63, 3.8) is 0 Å². The van der Waals surface area contributed by atoms with Crippen molar-refractivity contribution in [1.29, 1.82) is 5.41 Å². The number of nitrogens with zero attached hydrogens (tertiary/aromatic N) is 1. The topological polar surface area (TPSA) is 36.7 Å². The van der Waals surface area contributed by atoms with E-state index in [1.54, 1.807) is 13.0 Å². The molecule has 0 aromatic carbocycles. The third-order valence-electron chi connectivity index (χ3n) is 1.10. The van der Waals surface area contributed by atoms with Gasteiger partial charge in [0.2, 0.25) is 5.95 Å². The van der Waals surface area contributed by atoms with Gasteiger partial charge in [0.05, 0.1) is 11.4 Å². The molecule has 0 bridgehead atoms. The second-order valence-corrected chi connectivity index (χ2v) is 1.97. The Hall–Kier alpha value is -1.25. The molecule has 1 aromatic rings. The average molecular weight is 138 g/mol. The van der Waals surface area contributed by atoms with Crippen LogP contribution in [-0.2, 0) is 0 Å². The van der Waals surface area contributed by atoms with Gasteiger partial charge in [0.25, 0.3) is 0 Å². The monoisotopic (exact) mass is 138 g/mol. The molecule has 10 heavy (non-hydrogen) atoms. The highest BCUT2D eigenvalue weighted by atomic mass is 19.1. The highest BCUT2D eigenvalue weighted by molar-refractivity contribution is 5.94. The van der Waals surface area contributed by atoms with Crippen LogP contribution in [0.4, 0.5) is 4.39 Å². The van der Waals surface area contributed by atoms with Crippen LogP contribution in [0.25, 0.3) is 0 Å². The van der Waals surface area contributed by atoms with E-state index in [2.05, 4.69) is 4.98 Å². The van der Waals surface area contributed by atoms with E-state index < -0.39 is 5.95 Å². The van der Waals surface area contributed by atoms with E-state index in [1.165, 1.54) is 12.1 Å². The number of nitrogens with one attached hydrogen (secondary N) is 1. The maximum Gasteiger partial charge on any atom is 0.213 e. The van der Waals surface area contributed by atoms with Gasteiger partial charge in [-0.1, -0.05) is 6.07 Å². The lowest BCUT2D eigenvalue weighted by atomic mass is 10.3. The fourth-order valence-electron chi connectivity index (χ4n) is 0.617. The zero-order valence-electron chi connectivity index (χ0n) is 5.56. The maximum atomic E-state index is 12.3. The summed E-state index contributed by atoms with van der Waals surface area (Å²) in [6.45, 7) is 1.57. The van der Waals surface area contributed by atoms with E-state index in [0.717, 1.165) is 0 Å². The first-order chi connectivity index (χ1) is 4.70. The SMILES string of the molecule is CC(=N)c1cccc(F)n1. The van der Waals surface area contributed by atoms with E-state index in [0.29, 0.717) is 5.69 Å².